The van der Waals surface area contributed by atoms with Crippen molar-refractivity contribution in [3.8, 4) is 0 Å². The molecular weight excluding hydrogens is 302 g/mol. The second-order valence-electron chi connectivity index (χ2n) is 4.77. The maximum Gasteiger partial charge on any atom is 0.0739 e. The molecular formula is C15H20BrN3. The Morgan fingerprint density at radius 3 is 2.47 bits per heavy atom. The van der Waals surface area contributed by atoms with Gasteiger partial charge in [0.15, 0.2) is 0 Å². The van der Waals surface area contributed by atoms with Gasteiger partial charge in [0.2, 0.25) is 0 Å². The van der Waals surface area contributed by atoms with Crippen LogP contribution in [0.3, 0.4) is 0 Å². The van der Waals surface area contributed by atoms with Crippen LogP contribution in [0.2, 0.25) is 0 Å². The number of hydrogen-bond acceptors (Lipinski definition) is 2. The second kappa shape index (κ2) is 5.78. The van der Waals surface area contributed by atoms with Gasteiger partial charge in [0.25, 0.3) is 0 Å². The molecule has 102 valence electrons. The maximum atomic E-state index is 4.46. The van der Waals surface area contributed by atoms with Crippen LogP contribution in [0.15, 0.2) is 28.7 Å². The number of anilines is 1. The Hall–Kier alpha value is -1.29. The zero-order valence-corrected chi connectivity index (χ0v) is 13.5. The molecule has 0 spiro atoms. The van der Waals surface area contributed by atoms with Gasteiger partial charge >= 0.3 is 0 Å². The first-order valence-corrected chi connectivity index (χ1v) is 7.32. The van der Waals surface area contributed by atoms with E-state index in [2.05, 4.69) is 64.0 Å². The molecule has 0 amide bonds. The minimum absolute atomic E-state index is 0.860. The summed E-state index contributed by atoms with van der Waals surface area (Å²) in [5.41, 5.74) is 4.84. The van der Waals surface area contributed by atoms with E-state index in [0.29, 0.717) is 0 Å². The summed E-state index contributed by atoms with van der Waals surface area (Å²) in [6.45, 7) is 8.20. The Balaban J connectivity index is 2.32. The monoisotopic (exact) mass is 321 g/mol. The highest BCUT2D eigenvalue weighted by molar-refractivity contribution is 9.10. The Kier molecular flexibility index (Phi) is 4.30. The number of halogens is 1. The molecule has 0 aliphatic heterocycles. The molecule has 19 heavy (non-hydrogen) atoms. The predicted octanol–water partition coefficient (Wildman–Crippen LogP) is 3.83. The average molecular weight is 322 g/mol. The van der Waals surface area contributed by atoms with E-state index in [4.69, 9.17) is 0 Å². The van der Waals surface area contributed by atoms with Crippen LogP contribution in [0.5, 0.6) is 0 Å². The smallest absolute Gasteiger partial charge is 0.0739 e. The van der Waals surface area contributed by atoms with Crippen LogP contribution in [0.4, 0.5) is 5.69 Å². The van der Waals surface area contributed by atoms with E-state index in [1.165, 1.54) is 16.9 Å². The van der Waals surface area contributed by atoms with E-state index < -0.39 is 0 Å². The Bertz CT molecular complexity index is 575. The predicted molar refractivity (Wildman–Crippen MR) is 83.5 cm³/mol. The lowest BCUT2D eigenvalue weighted by Crippen LogP contribution is -2.24. The van der Waals surface area contributed by atoms with Gasteiger partial charge in [0.1, 0.15) is 0 Å². The molecule has 0 unspecified atom stereocenters. The fourth-order valence-corrected chi connectivity index (χ4v) is 2.78. The van der Waals surface area contributed by atoms with Gasteiger partial charge in [-0.3, -0.25) is 4.68 Å². The van der Waals surface area contributed by atoms with E-state index in [1.807, 2.05) is 18.7 Å². The number of aromatic nitrogens is 2. The summed E-state index contributed by atoms with van der Waals surface area (Å²) < 4.78 is 3.07. The molecule has 0 atom stereocenters. The average Bonchev–Trinajstić information content (AvgIpc) is 2.63. The number of para-hydroxylation sites is 1. The van der Waals surface area contributed by atoms with Crippen molar-refractivity contribution in [1.29, 1.82) is 0 Å². The van der Waals surface area contributed by atoms with E-state index in [-0.39, 0.29) is 0 Å². The van der Waals surface area contributed by atoms with Crippen molar-refractivity contribution in [3.05, 3.63) is 45.7 Å². The molecule has 2 aromatic rings. The molecule has 1 aromatic carbocycles. The zero-order valence-electron chi connectivity index (χ0n) is 11.9. The maximum absolute atomic E-state index is 4.46. The quantitative estimate of drug-likeness (QED) is 0.853. The van der Waals surface area contributed by atoms with E-state index in [1.54, 1.807) is 0 Å². The largest absolute Gasteiger partial charge is 0.366 e. The first-order valence-electron chi connectivity index (χ1n) is 6.53. The zero-order chi connectivity index (χ0) is 14.0. The van der Waals surface area contributed by atoms with Crippen molar-refractivity contribution >= 4 is 21.6 Å². The molecule has 3 nitrogen and oxygen atoms in total. The van der Waals surface area contributed by atoms with Crippen molar-refractivity contribution in [2.24, 2.45) is 7.05 Å². The minimum atomic E-state index is 0.860. The van der Waals surface area contributed by atoms with Crippen LogP contribution in [0.1, 0.15) is 23.9 Å². The highest BCUT2D eigenvalue weighted by atomic mass is 79.9. The van der Waals surface area contributed by atoms with E-state index in [0.717, 1.165) is 23.3 Å². The molecule has 2 rings (SSSR count). The van der Waals surface area contributed by atoms with Crippen molar-refractivity contribution in [1.82, 2.24) is 9.78 Å². The number of hydrogen-bond donors (Lipinski definition) is 0. The SMILES string of the molecule is CCN(Cc1c(Br)c(C)nn1C)c1ccccc1C. The number of aryl methyl sites for hydroxylation is 3. The fraction of sp³-hybridized carbons (Fsp3) is 0.400. The van der Waals surface area contributed by atoms with Crippen LogP contribution >= 0.6 is 15.9 Å². The highest BCUT2D eigenvalue weighted by Crippen LogP contribution is 2.26. The summed E-state index contributed by atoms with van der Waals surface area (Å²) in [5.74, 6) is 0. The Labute approximate surface area is 123 Å². The lowest BCUT2D eigenvalue weighted by atomic mass is 10.1. The minimum Gasteiger partial charge on any atom is -0.366 e. The van der Waals surface area contributed by atoms with Gasteiger partial charge in [-0.25, -0.2) is 0 Å². The standard InChI is InChI=1S/C15H20BrN3/c1-5-19(13-9-7-6-8-11(13)2)10-14-15(16)12(3)17-18(14)4/h6-9H,5,10H2,1-4H3. The van der Waals surface area contributed by atoms with Crippen LogP contribution in [-0.4, -0.2) is 16.3 Å². The van der Waals surface area contributed by atoms with Crippen molar-refractivity contribution in [3.63, 3.8) is 0 Å². The topological polar surface area (TPSA) is 21.1 Å². The fourth-order valence-electron chi connectivity index (χ4n) is 2.32. The summed E-state index contributed by atoms with van der Waals surface area (Å²) in [7, 11) is 2.00. The molecule has 4 heteroatoms. The van der Waals surface area contributed by atoms with E-state index in [9.17, 15) is 0 Å². The van der Waals surface area contributed by atoms with Crippen LogP contribution in [0, 0.1) is 13.8 Å². The molecule has 0 aliphatic rings. The molecule has 1 heterocycles. The van der Waals surface area contributed by atoms with Gasteiger partial charge in [0, 0.05) is 19.3 Å². The van der Waals surface area contributed by atoms with Gasteiger partial charge in [0.05, 0.1) is 22.4 Å². The third-order valence-corrected chi connectivity index (χ3v) is 4.47. The Morgan fingerprint density at radius 2 is 1.95 bits per heavy atom. The normalized spacial score (nSPS) is 10.8. The summed E-state index contributed by atoms with van der Waals surface area (Å²) >= 11 is 3.64. The molecule has 0 bridgehead atoms. The van der Waals surface area contributed by atoms with Gasteiger partial charge in [-0.1, -0.05) is 18.2 Å². The molecule has 0 radical (unpaired) electrons. The van der Waals surface area contributed by atoms with Crippen molar-refractivity contribution in [2.75, 3.05) is 11.4 Å². The lowest BCUT2D eigenvalue weighted by Gasteiger charge is -2.25. The van der Waals surface area contributed by atoms with Gasteiger partial charge in [-0.15, -0.1) is 0 Å². The number of benzene rings is 1. The third-order valence-electron chi connectivity index (χ3n) is 3.44. The van der Waals surface area contributed by atoms with Crippen LogP contribution < -0.4 is 4.90 Å². The van der Waals surface area contributed by atoms with Gasteiger partial charge in [-0.05, 0) is 48.3 Å². The van der Waals surface area contributed by atoms with E-state index >= 15 is 0 Å². The lowest BCUT2D eigenvalue weighted by molar-refractivity contribution is 0.680. The summed E-state index contributed by atoms with van der Waals surface area (Å²) in [6.07, 6.45) is 0. The number of rotatable bonds is 4. The molecule has 0 fully saturated rings. The third kappa shape index (κ3) is 2.84. The summed E-state index contributed by atoms with van der Waals surface area (Å²) in [4.78, 5) is 2.37. The van der Waals surface area contributed by atoms with Gasteiger partial charge < -0.3 is 4.90 Å². The second-order valence-corrected chi connectivity index (χ2v) is 5.56. The summed E-state index contributed by atoms with van der Waals surface area (Å²) in [6, 6.07) is 8.50. The summed E-state index contributed by atoms with van der Waals surface area (Å²) in [5, 5.41) is 4.46. The first-order chi connectivity index (χ1) is 9.04. The first kappa shape index (κ1) is 14.1. The van der Waals surface area contributed by atoms with Crippen molar-refractivity contribution in [2.45, 2.75) is 27.3 Å². The highest BCUT2D eigenvalue weighted by Gasteiger charge is 2.15. The van der Waals surface area contributed by atoms with Gasteiger partial charge in [-0.2, -0.15) is 5.10 Å². The molecule has 0 saturated heterocycles. The number of nitrogens with zero attached hydrogens (tertiary/aromatic N) is 3. The van der Waals surface area contributed by atoms with Crippen LogP contribution in [0.25, 0.3) is 0 Å². The molecule has 1 aromatic heterocycles. The molecule has 0 aliphatic carbocycles. The van der Waals surface area contributed by atoms with Crippen molar-refractivity contribution < 1.29 is 0 Å². The Morgan fingerprint density at radius 1 is 1.26 bits per heavy atom. The molecule has 0 saturated carbocycles. The molecule has 0 N–H and O–H groups in total. The van der Waals surface area contributed by atoms with Crippen LogP contribution in [-0.2, 0) is 13.6 Å².